The van der Waals surface area contributed by atoms with E-state index in [4.69, 9.17) is 55.5 Å². The van der Waals surface area contributed by atoms with Gasteiger partial charge < -0.3 is 83.3 Å². The molecule has 0 bridgehead atoms. The molecule has 0 saturated heterocycles. The van der Waals surface area contributed by atoms with Gasteiger partial charge in [0.05, 0.1) is 0 Å². The van der Waals surface area contributed by atoms with Crippen molar-refractivity contribution in [1.29, 1.82) is 0 Å². The fraction of sp³-hybridized carbons (Fsp3) is 0. The van der Waals surface area contributed by atoms with Gasteiger partial charge >= 0.3 is 147 Å². The quantitative estimate of drug-likeness (QED) is 0.188. The zero-order chi connectivity index (χ0) is 25.7. The van der Waals surface area contributed by atoms with Crippen LogP contribution in [0.1, 0.15) is 0 Å². The standard InChI is InChI=1S/Al.6FO3Si.K.Mg/c;6*1-4-5(2)3;;/q+3;6*-1;+1;+2. The summed E-state index contributed by atoms with van der Waals surface area (Å²) in [7, 11) is -21.2. The minimum absolute atomic E-state index is 0. The molecule has 0 spiro atoms. The first-order valence-electron chi connectivity index (χ1n) is 4.60. The largest absolute Gasteiger partial charge is 3.00 e. The minimum Gasteiger partial charge on any atom is -0.478 e. The molecule has 180 valence electrons. The summed E-state index contributed by atoms with van der Waals surface area (Å²) in [5.74, 6) is 0. The molecule has 0 aliphatic carbocycles. The topological polar surface area (TPSA) is 296 Å². The Morgan fingerprint density at radius 3 is 0.424 bits per heavy atom. The van der Waals surface area contributed by atoms with E-state index in [1.54, 1.807) is 0 Å². The van der Waals surface area contributed by atoms with Crippen LogP contribution in [0.3, 0.4) is 0 Å². The SMILES string of the molecule is O=[Si]([O-])OF.O=[Si]([O-])OF.O=[Si]([O-])OF.O=[Si]([O-])OF.O=[Si]([O-])OF.O=[Si]([O-])OF.[Al+3].[K+].[Mg+2]. The Hall–Kier alpha value is 0.216. The second kappa shape index (κ2) is 53.5. The van der Waals surface area contributed by atoms with Crippen molar-refractivity contribution in [1.82, 2.24) is 0 Å². The maximum atomic E-state index is 10.0. The van der Waals surface area contributed by atoms with Crippen molar-refractivity contribution in [2.75, 3.05) is 0 Å². The maximum Gasteiger partial charge on any atom is 3.00 e. The molecule has 0 atom stereocenters. The van der Waals surface area contributed by atoms with Crippen LogP contribution in [-0.2, 0) is 54.6 Å². The first-order valence-corrected chi connectivity index (χ1v) is 11.9. The van der Waals surface area contributed by atoms with Crippen molar-refractivity contribution in [3.05, 3.63) is 0 Å². The Morgan fingerprint density at radius 1 is 0.394 bits per heavy atom. The molecule has 0 amide bonds. The van der Waals surface area contributed by atoms with E-state index in [1.165, 1.54) is 0 Å². The van der Waals surface area contributed by atoms with E-state index in [1.807, 2.05) is 0 Å². The van der Waals surface area contributed by atoms with E-state index < -0.39 is 55.0 Å². The van der Waals surface area contributed by atoms with E-state index in [0.717, 1.165) is 0 Å². The first kappa shape index (κ1) is 58.8. The van der Waals surface area contributed by atoms with Crippen molar-refractivity contribution in [3.8, 4) is 0 Å². The summed E-state index contributed by atoms with van der Waals surface area (Å²) in [6, 6.07) is 0. The molecular formula is AlF6KMgO18Si6. The Bertz CT molecular complexity index is 381. The van der Waals surface area contributed by atoms with Gasteiger partial charge in [-0.15, -0.1) is 0 Å². The van der Waals surface area contributed by atoms with Crippen LogP contribution in [-0.4, -0.2) is 95.4 Å². The summed E-state index contributed by atoms with van der Waals surface area (Å²) in [5, 5.41) is 0. The smallest absolute Gasteiger partial charge is 0.478 e. The third-order valence-corrected chi connectivity index (χ3v) is 1.13. The monoisotopic (exact) mass is 660 g/mol. The van der Waals surface area contributed by atoms with E-state index in [2.05, 4.69) is 27.8 Å². The molecule has 0 unspecified atom stereocenters. The molecule has 33 heavy (non-hydrogen) atoms. The molecule has 0 saturated carbocycles. The molecule has 0 aromatic rings. The van der Waals surface area contributed by atoms with Gasteiger partial charge in [0.2, 0.25) is 0 Å². The zero-order valence-electron chi connectivity index (χ0n) is 14.9. The van der Waals surface area contributed by atoms with E-state index in [9.17, 15) is 27.2 Å². The Balaban J connectivity index is -0.0000000294. The predicted octanol–water partition coefficient (Wildman–Crippen LogP) is -11.8. The predicted molar refractivity (Wildman–Crippen MR) is 63.3 cm³/mol. The number of hydrogen-bond acceptors (Lipinski definition) is 18. The van der Waals surface area contributed by atoms with Crippen molar-refractivity contribution >= 4 is 95.4 Å². The number of rotatable bonds is 6. The van der Waals surface area contributed by atoms with E-state index >= 15 is 0 Å². The van der Waals surface area contributed by atoms with Gasteiger partial charge in [0.1, 0.15) is 0 Å². The van der Waals surface area contributed by atoms with Gasteiger partial charge in [0.25, 0.3) is 0 Å². The molecule has 0 rings (SSSR count). The molecule has 18 nitrogen and oxygen atoms in total. The van der Waals surface area contributed by atoms with Crippen molar-refractivity contribution in [2.24, 2.45) is 0 Å². The van der Waals surface area contributed by atoms with Crippen LogP contribution in [0.25, 0.3) is 0 Å². The number of hydrogen-bond donors (Lipinski definition) is 0. The fourth-order valence-corrected chi connectivity index (χ4v) is 0. The van der Waals surface area contributed by atoms with Crippen molar-refractivity contribution in [3.63, 3.8) is 0 Å². The maximum absolute atomic E-state index is 10.0. The molecule has 0 aromatic carbocycles. The Labute approximate surface area is 254 Å². The van der Waals surface area contributed by atoms with Gasteiger partial charge in [0.15, 0.2) is 0 Å². The van der Waals surface area contributed by atoms with E-state index in [0.29, 0.717) is 0 Å². The average Bonchev–Trinajstić information content (AvgIpc) is 2.69. The minimum atomic E-state index is -3.54. The first-order chi connectivity index (χ1) is 13.6. The molecule has 0 N–H and O–H groups in total. The summed E-state index contributed by atoms with van der Waals surface area (Å²) < 4.78 is 127. The summed E-state index contributed by atoms with van der Waals surface area (Å²) in [6.45, 7) is 0. The summed E-state index contributed by atoms with van der Waals surface area (Å²) >= 11 is 0. The van der Waals surface area contributed by atoms with Crippen LogP contribution in [0.15, 0.2) is 0 Å². The van der Waals surface area contributed by atoms with Gasteiger partial charge in [0, 0.05) is 0 Å². The van der Waals surface area contributed by atoms with Crippen LogP contribution >= 0.6 is 0 Å². The van der Waals surface area contributed by atoms with Gasteiger partial charge in [-0.2, -0.15) is 0 Å². The summed E-state index contributed by atoms with van der Waals surface area (Å²) in [4.78, 5) is 53.1. The van der Waals surface area contributed by atoms with Crippen LogP contribution in [0.2, 0.25) is 0 Å². The summed E-state index contributed by atoms with van der Waals surface area (Å²) in [5.41, 5.74) is 0. The van der Waals surface area contributed by atoms with Gasteiger partial charge in [-0.3, -0.25) is 0 Å². The van der Waals surface area contributed by atoms with Crippen LogP contribution in [0.4, 0.5) is 27.2 Å². The molecule has 0 aliphatic heterocycles. The van der Waals surface area contributed by atoms with Gasteiger partial charge in [-0.05, 0) is 0 Å². The third-order valence-electron chi connectivity index (χ3n) is 0.378. The van der Waals surface area contributed by atoms with Gasteiger partial charge in [-0.1, -0.05) is 27.2 Å². The molecule has 0 aromatic heterocycles. The van der Waals surface area contributed by atoms with Gasteiger partial charge in [-0.25, -0.2) is 0 Å². The Kier molecular flexibility index (Phi) is 95.4. The molecule has 0 radical (unpaired) electrons. The normalized spacial score (nSPS) is 6.00. The van der Waals surface area contributed by atoms with Crippen LogP contribution in [0, 0.1) is 0 Å². The van der Waals surface area contributed by atoms with Crippen LogP contribution in [0.5, 0.6) is 0 Å². The number of halogens is 6. The molecule has 33 heteroatoms. The van der Waals surface area contributed by atoms with Crippen LogP contribution < -0.4 is 80.2 Å². The van der Waals surface area contributed by atoms with E-state index in [-0.39, 0.29) is 91.8 Å². The molecule has 0 fully saturated rings. The Morgan fingerprint density at radius 2 is 0.424 bits per heavy atom. The van der Waals surface area contributed by atoms with Crippen molar-refractivity contribution < 1.29 is 162 Å². The molecule has 0 heterocycles. The summed E-state index contributed by atoms with van der Waals surface area (Å²) in [6.07, 6.45) is 0. The fourth-order valence-electron chi connectivity index (χ4n) is 0. The third kappa shape index (κ3) is 197. The average molecular weight is 661 g/mol. The van der Waals surface area contributed by atoms with Crippen molar-refractivity contribution in [2.45, 2.75) is 0 Å². The molecule has 0 aliphatic rings. The second-order valence-electron chi connectivity index (χ2n) is 1.96. The second-order valence-corrected chi connectivity index (χ2v) is 5.89. The zero-order valence-corrected chi connectivity index (χ0v) is 26.6. The molecular weight excluding hydrogens is 661 g/mol.